The molecule has 0 saturated carbocycles. The van der Waals surface area contributed by atoms with Crippen molar-refractivity contribution in [3.63, 3.8) is 0 Å². The van der Waals surface area contributed by atoms with E-state index in [2.05, 4.69) is 0 Å². The average molecular weight is 715 g/mol. The number of allylic oxidation sites excluding steroid dienone is 2. The Bertz CT molecular complexity index is 2260. The molecule has 0 atom stereocenters. The van der Waals surface area contributed by atoms with Gasteiger partial charge < -0.3 is 9.80 Å². The number of nitrogens with zero attached hydrogens (tertiary/aromatic N) is 3. The second kappa shape index (κ2) is 13.3. The molecule has 2 N–H and O–H groups in total. The van der Waals surface area contributed by atoms with E-state index in [4.69, 9.17) is 11.6 Å². The van der Waals surface area contributed by atoms with E-state index < -0.39 is 37.7 Å². The Labute approximate surface area is 280 Å². The van der Waals surface area contributed by atoms with Gasteiger partial charge in [-0.05, 0) is 48.1 Å². The highest BCUT2D eigenvalue weighted by Crippen LogP contribution is 2.45. The maximum Gasteiger partial charge on any atom is 0.326 e. The third-order valence-electron chi connectivity index (χ3n) is 7.76. The van der Waals surface area contributed by atoms with Gasteiger partial charge in [-0.1, -0.05) is 83.6 Å². The van der Waals surface area contributed by atoms with Crippen LogP contribution in [0.3, 0.4) is 0 Å². The average Bonchev–Trinajstić information content (AvgIpc) is 3.49. The fraction of sp³-hybridized carbons (Fsp3) is 0.182. The summed E-state index contributed by atoms with van der Waals surface area (Å²) in [6.07, 6.45) is 5.90. The second-order valence-electron chi connectivity index (χ2n) is 11.1. The molecule has 0 bridgehead atoms. The van der Waals surface area contributed by atoms with Crippen molar-refractivity contribution < 1.29 is 34.9 Å². The van der Waals surface area contributed by atoms with Crippen LogP contribution in [0.5, 0.6) is 0 Å². The lowest BCUT2D eigenvalue weighted by atomic mass is 10.1. The van der Waals surface area contributed by atoms with E-state index in [-0.39, 0.29) is 11.4 Å². The number of unbranched alkanes of at least 4 members (excludes halogenated alkanes) is 1. The third kappa shape index (κ3) is 7.51. The normalized spacial score (nSPS) is 14.7. The molecule has 1 aromatic heterocycles. The molecule has 0 amide bonds. The highest BCUT2D eigenvalue weighted by atomic mass is 35.5. The first kappa shape index (κ1) is 33.1. The number of aromatic nitrogens is 1. The number of hydrogen-bond acceptors (Lipinski definition) is 7. The zero-order chi connectivity index (χ0) is 33.3. The van der Waals surface area contributed by atoms with E-state index in [1.54, 1.807) is 22.8 Å². The van der Waals surface area contributed by atoms with E-state index in [1.165, 1.54) is 17.4 Å². The highest BCUT2D eigenvalue weighted by Gasteiger charge is 2.32. The van der Waals surface area contributed by atoms with Gasteiger partial charge in [0.15, 0.2) is 0 Å². The fourth-order valence-corrected chi connectivity index (χ4v) is 8.25. The van der Waals surface area contributed by atoms with Gasteiger partial charge in [-0.25, -0.2) is 4.39 Å². The molecular weight excluding hydrogens is 685 g/mol. The molecule has 14 heteroatoms. The lowest BCUT2D eigenvalue weighted by Gasteiger charge is -2.25. The van der Waals surface area contributed by atoms with Crippen molar-refractivity contribution in [1.29, 1.82) is 0 Å². The minimum atomic E-state index is -4.40. The number of thiazole rings is 1. The van der Waals surface area contributed by atoms with Crippen LogP contribution < -0.4 is 14.4 Å². The van der Waals surface area contributed by atoms with E-state index in [0.29, 0.717) is 47.2 Å². The molecule has 9 nitrogen and oxygen atoms in total. The number of halogens is 2. The Balaban J connectivity index is 1.45. The molecule has 1 aliphatic heterocycles. The monoisotopic (exact) mass is 714 g/mol. The van der Waals surface area contributed by atoms with E-state index in [9.17, 15) is 30.3 Å². The predicted octanol–water partition coefficient (Wildman–Crippen LogP) is 7.03. The summed E-state index contributed by atoms with van der Waals surface area (Å²) in [5.41, 5.74) is 2.86. The van der Waals surface area contributed by atoms with Crippen LogP contribution in [-0.4, -0.2) is 38.2 Å². The molecule has 0 fully saturated rings. The van der Waals surface area contributed by atoms with Crippen molar-refractivity contribution in [1.82, 2.24) is 0 Å². The zero-order valence-corrected chi connectivity index (χ0v) is 28.0. The maximum absolute atomic E-state index is 14.8. The van der Waals surface area contributed by atoms with Crippen molar-refractivity contribution >= 4 is 81.6 Å². The Morgan fingerprint density at radius 2 is 1.60 bits per heavy atom. The van der Waals surface area contributed by atoms with Crippen LogP contribution in [0.15, 0.2) is 96.8 Å². The molecule has 0 spiro atoms. The molecule has 1 aliphatic rings. The van der Waals surface area contributed by atoms with Crippen molar-refractivity contribution in [3.05, 3.63) is 118 Å². The third-order valence-corrected chi connectivity index (χ3v) is 10.6. The molecule has 6 rings (SSSR count). The summed E-state index contributed by atoms with van der Waals surface area (Å²) in [5, 5.41) is 2.30. The summed E-state index contributed by atoms with van der Waals surface area (Å²) in [5.74, 6) is -0.986. The van der Waals surface area contributed by atoms with E-state index in [1.807, 2.05) is 82.6 Å². The van der Waals surface area contributed by atoms with Gasteiger partial charge in [0, 0.05) is 25.2 Å². The van der Waals surface area contributed by atoms with Crippen molar-refractivity contribution in [2.24, 2.45) is 0 Å². The summed E-state index contributed by atoms with van der Waals surface area (Å²) in [4.78, 5) is 3.85. The first-order valence-electron chi connectivity index (χ1n) is 14.6. The Morgan fingerprint density at radius 3 is 2.34 bits per heavy atom. The van der Waals surface area contributed by atoms with Crippen LogP contribution in [0.1, 0.15) is 23.4 Å². The van der Waals surface area contributed by atoms with Gasteiger partial charge in [0.2, 0.25) is 5.52 Å². The standard InChI is InChI=1S/C33H29ClFN3O6S3/c34-26-19-28-29(20-27(26)35)36(17-6-7-18-46(39,40)41)31(37(28)21-23-9-2-1-3-10-23)13-8-14-32-38(22-47(42,43)44)33-25-12-5-4-11-24(25)15-16-30(33)45-32/h1-5,8-16,19-20H,6-7,17-18,21-22H2,(H-,39,40,41,42,43,44)/p+1. The summed E-state index contributed by atoms with van der Waals surface area (Å²) < 4.78 is 83.3. The first-order valence-corrected chi connectivity index (χ1v) is 19.0. The largest absolute Gasteiger partial charge is 0.326 e. The van der Waals surface area contributed by atoms with Gasteiger partial charge in [0.25, 0.3) is 21.0 Å². The molecule has 0 radical (unpaired) electrons. The minimum Gasteiger partial charge on any atom is -0.326 e. The number of hydrogen-bond donors (Lipinski definition) is 2. The highest BCUT2D eigenvalue weighted by molar-refractivity contribution is 7.85. The lowest BCUT2D eigenvalue weighted by molar-refractivity contribution is -0.648. The topological polar surface area (TPSA) is 119 Å². The van der Waals surface area contributed by atoms with E-state index >= 15 is 0 Å². The van der Waals surface area contributed by atoms with E-state index in [0.717, 1.165) is 21.0 Å². The number of anilines is 2. The SMILES string of the molecule is O=S(=O)(O)CCCCN1/C(=C/C=C/c2sc3ccc4ccccc4c3[n+]2CS(=O)(=O)O)N(Cc2ccccc2)c2cc(Cl)c(F)cc21. The molecule has 4 aromatic carbocycles. The molecule has 244 valence electrons. The molecule has 0 unspecified atom stereocenters. The Hall–Kier alpha value is -3.85. The van der Waals surface area contributed by atoms with Gasteiger partial charge in [-0.2, -0.15) is 21.4 Å². The van der Waals surface area contributed by atoms with Gasteiger partial charge in [0.1, 0.15) is 16.3 Å². The minimum absolute atomic E-state index is 0.0475. The molecule has 5 aromatic rings. The number of benzene rings is 4. The van der Waals surface area contributed by atoms with Gasteiger partial charge in [-0.3, -0.25) is 9.11 Å². The van der Waals surface area contributed by atoms with Crippen LogP contribution in [-0.2, 0) is 32.7 Å². The molecular formula is C33H30ClFN3O6S3+. The zero-order valence-electron chi connectivity index (χ0n) is 24.8. The van der Waals surface area contributed by atoms with Gasteiger partial charge in [-0.15, -0.1) is 0 Å². The van der Waals surface area contributed by atoms with Crippen molar-refractivity contribution in [2.45, 2.75) is 25.3 Å². The van der Waals surface area contributed by atoms with Crippen molar-refractivity contribution in [2.75, 3.05) is 22.1 Å². The van der Waals surface area contributed by atoms with Crippen LogP contribution in [0, 0.1) is 5.82 Å². The lowest BCUT2D eigenvalue weighted by Crippen LogP contribution is -2.39. The summed E-state index contributed by atoms with van der Waals surface area (Å²) in [6.45, 7) is 0.723. The quantitative estimate of drug-likeness (QED) is 0.0851. The molecule has 47 heavy (non-hydrogen) atoms. The van der Waals surface area contributed by atoms with Gasteiger partial charge >= 0.3 is 10.1 Å². The number of fused-ring (bicyclic) bond motifs is 4. The second-order valence-corrected chi connectivity index (χ2v) is 15.5. The van der Waals surface area contributed by atoms with Crippen LogP contribution in [0.25, 0.3) is 27.1 Å². The summed E-state index contributed by atoms with van der Waals surface area (Å²) >= 11 is 7.62. The predicted molar refractivity (Wildman–Crippen MR) is 185 cm³/mol. The smallest absolute Gasteiger partial charge is 0.326 e. The van der Waals surface area contributed by atoms with Gasteiger partial charge in [0.05, 0.1) is 27.5 Å². The van der Waals surface area contributed by atoms with Crippen LogP contribution >= 0.6 is 22.9 Å². The molecule has 0 aliphatic carbocycles. The molecule has 0 saturated heterocycles. The first-order chi connectivity index (χ1) is 22.4. The number of rotatable bonds is 11. The van der Waals surface area contributed by atoms with Crippen LogP contribution in [0.4, 0.5) is 15.8 Å². The fourth-order valence-electron chi connectivity index (χ4n) is 5.76. The Morgan fingerprint density at radius 1 is 0.872 bits per heavy atom. The van der Waals surface area contributed by atoms with Crippen molar-refractivity contribution in [3.8, 4) is 0 Å². The maximum atomic E-state index is 14.8. The Kier molecular flexibility index (Phi) is 9.38. The summed E-state index contributed by atoms with van der Waals surface area (Å²) in [7, 11) is -8.53. The van der Waals surface area contributed by atoms with Crippen LogP contribution in [0.2, 0.25) is 5.02 Å². The molecule has 2 heterocycles. The summed E-state index contributed by atoms with van der Waals surface area (Å²) in [6, 6.07) is 24.1.